The molecule has 0 aliphatic rings. The number of carboxylic acid groups (broad SMARTS) is 2. The molecule has 0 aliphatic heterocycles. The van der Waals surface area contributed by atoms with Gasteiger partial charge in [-0.3, -0.25) is 0 Å². The summed E-state index contributed by atoms with van der Waals surface area (Å²) in [6, 6.07) is 8.01. The minimum absolute atomic E-state index is 0. The van der Waals surface area contributed by atoms with Gasteiger partial charge in [-0.1, -0.05) is 95.0 Å². The molecule has 25 heavy (non-hydrogen) atoms. The standard InChI is InChI=1S/C20H30O4.Mg/c1-2-3-4-5-6-7-8-9-13-16-20(18(21)22,19(23)24)17-14-11-10-12-15-17;/h10-12,14-15H,2-9,13,16H2,1H3,(H,21,22)(H,23,24);/q;+2/p-2. The van der Waals surface area contributed by atoms with Crippen LogP contribution < -0.4 is 10.2 Å². The van der Waals surface area contributed by atoms with E-state index in [2.05, 4.69) is 6.92 Å². The van der Waals surface area contributed by atoms with Crippen LogP contribution in [0.1, 0.15) is 76.7 Å². The quantitative estimate of drug-likeness (QED) is 0.307. The Balaban J connectivity index is 0.00000576. The molecule has 134 valence electrons. The molecule has 0 aliphatic carbocycles. The van der Waals surface area contributed by atoms with Gasteiger partial charge < -0.3 is 19.8 Å². The van der Waals surface area contributed by atoms with Crippen molar-refractivity contribution >= 4 is 35.0 Å². The summed E-state index contributed by atoms with van der Waals surface area (Å²) < 4.78 is 0. The van der Waals surface area contributed by atoms with Gasteiger partial charge in [0.25, 0.3) is 0 Å². The van der Waals surface area contributed by atoms with Crippen LogP contribution in [0, 0.1) is 0 Å². The first-order valence-corrected chi connectivity index (χ1v) is 9.04. The van der Waals surface area contributed by atoms with Gasteiger partial charge in [0.15, 0.2) is 0 Å². The van der Waals surface area contributed by atoms with E-state index in [1.54, 1.807) is 18.2 Å². The predicted octanol–water partition coefficient (Wildman–Crippen LogP) is 1.96. The third kappa shape index (κ3) is 7.36. The molecule has 4 nitrogen and oxygen atoms in total. The smallest absolute Gasteiger partial charge is 0.549 e. The van der Waals surface area contributed by atoms with E-state index in [0.717, 1.165) is 19.3 Å². The van der Waals surface area contributed by atoms with Crippen LogP contribution in [0.2, 0.25) is 0 Å². The van der Waals surface area contributed by atoms with Crippen molar-refractivity contribution in [1.82, 2.24) is 0 Å². The fourth-order valence-corrected chi connectivity index (χ4v) is 3.09. The summed E-state index contributed by atoms with van der Waals surface area (Å²) >= 11 is 0. The summed E-state index contributed by atoms with van der Waals surface area (Å²) in [6.07, 6.45) is 9.67. The molecule has 0 atom stereocenters. The number of hydrogen-bond acceptors (Lipinski definition) is 4. The number of carbonyl (C=O) groups is 2. The van der Waals surface area contributed by atoms with Gasteiger partial charge >= 0.3 is 23.1 Å². The summed E-state index contributed by atoms with van der Waals surface area (Å²) in [5.74, 6) is -3.18. The SMILES string of the molecule is CCCCCCCCCCCC(C(=O)[O-])(C(=O)[O-])c1ccccc1.[Mg+2]. The number of hydrogen-bond donors (Lipinski definition) is 0. The molecule has 0 saturated heterocycles. The summed E-state index contributed by atoms with van der Waals surface area (Å²) in [5.41, 5.74) is -1.83. The van der Waals surface area contributed by atoms with Crippen molar-refractivity contribution in [3.05, 3.63) is 35.9 Å². The van der Waals surface area contributed by atoms with Crippen LogP contribution in [0.25, 0.3) is 0 Å². The van der Waals surface area contributed by atoms with Crippen LogP contribution in [0.5, 0.6) is 0 Å². The molecule has 0 fully saturated rings. The van der Waals surface area contributed by atoms with Crippen LogP contribution >= 0.6 is 0 Å². The van der Waals surface area contributed by atoms with E-state index in [0.29, 0.717) is 6.42 Å². The average molecular weight is 357 g/mol. The minimum atomic E-state index is -2.05. The summed E-state index contributed by atoms with van der Waals surface area (Å²) in [5, 5.41) is 23.2. The van der Waals surface area contributed by atoms with E-state index in [9.17, 15) is 19.8 Å². The first-order chi connectivity index (χ1) is 11.6. The Bertz CT molecular complexity index is 488. The van der Waals surface area contributed by atoms with E-state index in [4.69, 9.17) is 0 Å². The van der Waals surface area contributed by atoms with Gasteiger partial charge in [-0.2, -0.15) is 0 Å². The summed E-state index contributed by atoms with van der Waals surface area (Å²) in [7, 11) is 0. The molecular formula is C20H28MgO4. The molecule has 1 aromatic carbocycles. The van der Waals surface area contributed by atoms with Gasteiger partial charge in [-0.25, -0.2) is 0 Å². The Morgan fingerprint density at radius 2 is 1.24 bits per heavy atom. The maximum Gasteiger partial charge on any atom is 2.00 e. The molecule has 0 spiro atoms. The number of benzene rings is 1. The van der Waals surface area contributed by atoms with Gasteiger partial charge in [0.05, 0.1) is 17.4 Å². The maximum atomic E-state index is 11.6. The van der Waals surface area contributed by atoms with Crippen LogP contribution in [0.4, 0.5) is 0 Å². The molecule has 0 aromatic heterocycles. The number of unbranched alkanes of at least 4 members (excludes halogenated alkanes) is 8. The first-order valence-electron chi connectivity index (χ1n) is 9.04. The summed E-state index contributed by atoms with van der Waals surface area (Å²) in [4.78, 5) is 23.2. The Hall–Kier alpha value is -1.07. The van der Waals surface area contributed by atoms with E-state index in [-0.39, 0.29) is 35.0 Å². The van der Waals surface area contributed by atoms with Crippen molar-refractivity contribution in [2.24, 2.45) is 0 Å². The normalized spacial score (nSPS) is 10.9. The third-order valence-electron chi connectivity index (χ3n) is 4.62. The van der Waals surface area contributed by atoms with Crippen molar-refractivity contribution in [2.45, 2.75) is 76.5 Å². The van der Waals surface area contributed by atoms with Gasteiger partial charge in [0.2, 0.25) is 0 Å². The minimum Gasteiger partial charge on any atom is -0.549 e. The molecule has 5 heteroatoms. The molecule has 1 aromatic rings. The number of aliphatic carboxylic acids is 2. The van der Waals surface area contributed by atoms with Crippen LogP contribution in [-0.4, -0.2) is 35.0 Å². The predicted molar refractivity (Wildman–Crippen MR) is 95.7 cm³/mol. The van der Waals surface area contributed by atoms with Crippen LogP contribution in [-0.2, 0) is 15.0 Å². The van der Waals surface area contributed by atoms with Crippen molar-refractivity contribution in [1.29, 1.82) is 0 Å². The number of carbonyl (C=O) groups excluding carboxylic acids is 2. The Kier molecular flexibility index (Phi) is 12.6. The Labute approximate surface area is 167 Å². The Morgan fingerprint density at radius 3 is 1.68 bits per heavy atom. The molecule has 0 N–H and O–H groups in total. The topological polar surface area (TPSA) is 80.3 Å². The number of rotatable bonds is 13. The van der Waals surface area contributed by atoms with Gasteiger partial charge in [-0.15, -0.1) is 0 Å². The monoisotopic (exact) mass is 356 g/mol. The molecule has 0 radical (unpaired) electrons. The maximum absolute atomic E-state index is 11.6. The largest absolute Gasteiger partial charge is 2.00 e. The molecule has 0 unspecified atom stereocenters. The zero-order valence-electron chi connectivity index (χ0n) is 15.3. The van der Waals surface area contributed by atoms with Gasteiger partial charge in [0.1, 0.15) is 0 Å². The first kappa shape index (κ1) is 23.9. The van der Waals surface area contributed by atoms with E-state index < -0.39 is 17.4 Å². The van der Waals surface area contributed by atoms with Gasteiger partial charge in [0, 0.05) is 0 Å². The third-order valence-corrected chi connectivity index (χ3v) is 4.62. The molecule has 0 saturated carbocycles. The van der Waals surface area contributed by atoms with Crippen molar-refractivity contribution < 1.29 is 19.8 Å². The fraction of sp³-hybridized carbons (Fsp3) is 0.600. The van der Waals surface area contributed by atoms with Crippen LogP contribution in [0.3, 0.4) is 0 Å². The average Bonchev–Trinajstić information content (AvgIpc) is 2.57. The van der Waals surface area contributed by atoms with Crippen molar-refractivity contribution in [3.8, 4) is 0 Å². The zero-order valence-corrected chi connectivity index (χ0v) is 16.7. The molecular weight excluding hydrogens is 329 g/mol. The second kappa shape index (κ2) is 13.2. The molecule has 0 bridgehead atoms. The summed E-state index contributed by atoms with van der Waals surface area (Å²) in [6.45, 7) is 2.19. The van der Waals surface area contributed by atoms with Crippen molar-refractivity contribution in [2.75, 3.05) is 0 Å². The van der Waals surface area contributed by atoms with E-state index >= 15 is 0 Å². The van der Waals surface area contributed by atoms with Gasteiger partial charge in [-0.05, 0) is 12.0 Å². The number of carboxylic acids is 2. The molecule has 0 heterocycles. The van der Waals surface area contributed by atoms with E-state index in [1.807, 2.05) is 0 Å². The van der Waals surface area contributed by atoms with Crippen molar-refractivity contribution in [3.63, 3.8) is 0 Å². The fourth-order valence-electron chi connectivity index (χ4n) is 3.09. The van der Waals surface area contributed by atoms with E-state index in [1.165, 1.54) is 44.2 Å². The molecule has 0 amide bonds. The molecule has 1 rings (SSSR count). The Morgan fingerprint density at radius 1 is 0.800 bits per heavy atom. The second-order valence-corrected chi connectivity index (χ2v) is 6.42. The van der Waals surface area contributed by atoms with Crippen LogP contribution in [0.15, 0.2) is 30.3 Å². The second-order valence-electron chi connectivity index (χ2n) is 6.42. The zero-order chi connectivity index (χ0) is 17.8.